The predicted molar refractivity (Wildman–Crippen MR) is 52.9 cm³/mol. The number of hydrogen-bond donors (Lipinski definition) is 4. The van der Waals surface area contributed by atoms with Gasteiger partial charge in [-0.2, -0.15) is 0 Å². The minimum atomic E-state index is -0.956. The SMILES string of the molecule is NC1=NCCC(CCC(N)C(=O)O)N1. The number of hydrogen-bond acceptors (Lipinski definition) is 5. The van der Waals surface area contributed by atoms with Gasteiger partial charge in [0, 0.05) is 12.6 Å². The van der Waals surface area contributed by atoms with Gasteiger partial charge in [0.05, 0.1) is 0 Å². The molecule has 6 heteroatoms. The van der Waals surface area contributed by atoms with Crippen molar-refractivity contribution in [1.29, 1.82) is 0 Å². The number of rotatable bonds is 4. The van der Waals surface area contributed by atoms with Crippen LogP contribution in [0.5, 0.6) is 0 Å². The molecule has 0 aromatic rings. The van der Waals surface area contributed by atoms with Crippen molar-refractivity contribution < 1.29 is 9.90 Å². The predicted octanol–water partition coefficient (Wildman–Crippen LogP) is -1.14. The zero-order valence-corrected chi connectivity index (χ0v) is 7.94. The maximum absolute atomic E-state index is 10.4. The van der Waals surface area contributed by atoms with Gasteiger partial charge in [0.15, 0.2) is 5.96 Å². The van der Waals surface area contributed by atoms with Gasteiger partial charge in [0.1, 0.15) is 6.04 Å². The highest BCUT2D eigenvalue weighted by molar-refractivity contribution is 5.78. The molecule has 1 aliphatic heterocycles. The van der Waals surface area contributed by atoms with E-state index in [9.17, 15) is 4.79 Å². The summed E-state index contributed by atoms with van der Waals surface area (Å²) in [5.74, 6) is -0.521. The summed E-state index contributed by atoms with van der Waals surface area (Å²) in [6.45, 7) is 0.700. The first-order valence-electron chi connectivity index (χ1n) is 4.64. The van der Waals surface area contributed by atoms with E-state index in [2.05, 4.69) is 10.3 Å². The fourth-order valence-corrected chi connectivity index (χ4v) is 1.39. The van der Waals surface area contributed by atoms with Crippen molar-refractivity contribution >= 4 is 11.9 Å². The van der Waals surface area contributed by atoms with Gasteiger partial charge in [0.2, 0.25) is 0 Å². The molecule has 0 amide bonds. The number of carboxylic acid groups (broad SMARTS) is 1. The number of carbonyl (C=O) groups is 1. The number of carboxylic acids is 1. The molecular formula is C8H16N4O2. The number of nitrogens with zero attached hydrogens (tertiary/aromatic N) is 1. The molecule has 0 aliphatic carbocycles. The summed E-state index contributed by atoms with van der Waals surface area (Å²) in [7, 11) is 0. The molecule has 0 saturated carbocycles. The highest BCUT2D eigenvalue weighted by Gasteiger charge is 2.17. The van der Waals surface area contributed by atoms with E-state index in [4.69, 9.17) is 16.6 Å². The molecule has 14 heavy (non-hydrogen) atoms. The fourth-order valence-electron chi connectivity index (χ4n) is 1.39. The van der Waals surface area contributed by atoms with Crippen LogP contribution in [-0.2, 0) is 4.79 Å². The standard InChI is InChI=1S/C8H16N4O2/c9-6(7(13)14)2-1-5-3-4-11-8(10)12-5/h5-6H,1-4,9H2,(H,13,14)(H3,10,11,12). The quantitative estimate of drug-likeness (QED) is 0.458. The molecule has 1 rings (SSSR count). The lowest BCUT2D eigenvalue weighted by Crippen LogP contribution is -2.44. The first kappa shape index (κ1) is 10.8. The summed E-state index contributed by atoms with van der Waals surface area (Å²) in [5.41, 5.74) is 10.9. The molecule has 2 atom stereocenters. The van der Waals surface area contributed by atoms with E-state index in [0.717, 1.165) is 6.42 Å². The van der Waals surface area contributed by atoms with E-state index in [0.29, 0.717) is 25.3 Å². The van der Waals surface area contributed by atoms with Gasteiger partial charge in [-0.25, -0.2) is 0 Å². The van der Waals surface area contributed by atoms with Gasteiger partial charge in [-0.1, -0.05) is 0 Å². The van der Waals surface area contributed by atoms with Crippen molar-refractivity contribution in [2.75, 3.05) is 6.54 Å². The first-order valence-corrected chi connectivity index (χ1v) is 4.64. The zero-order chi connectivity index (χ0) is 10.6. The van der Waals surface area contributed by atoms with E-state index in [1.54, 1.807) is 0 Å². The van der Waals surface area contributed by atoms with Crippen LogP contribution in [0.1, 0.15) is 19.3 Å². The molecule has 0 radical (unpaired) electrons. The smallest absolute Gasteiger partial charge is 0.320 e. The molecule has 6 nitrogen and oxygen atoms in total. The van der Waals surface area contributed by atoms with Crippen molar-refractivity contribution in [3.8, 4) is 0 Å². The van der Waals surface area contributed by atoms with Gasteiger partial charge in [0.25, 0.3) is 0 Å². The average Bonchev–Trinajstić information content (AvgIpc) is 2.14. The molecule has 0 bridgehead atoms. The van der Waals surface area contributed by atoms with Crippen molar-refractivity contribution in [3.63, 3.8) is 0 Å². The number of guanidine groups is 1. The van der Waals surface area contributed by atoms with Gasteiger partial charge in [-0.3, -0.25) is 9.79 Å². The number of aliphatic imine (C=N–C) groups is 1. The monoisotopic (exact) mass is 200 g/mol. The minimum Gasteiger partial charge on any atom is -0.480 e. The second kappa shape index (κ2) is 4.80. The minimum absolute atomic E-state index is 0.206. The van der Waals surface area contributed by atoms with Gasteiger partial charge in [-0.15, -0.1) is 0 Å². The largest absolute Gasteiger partial charge is 0.480 e. The molecule has 0 aromatic heterocycles. The molecule has 2 unspecified atom stereocenters. The number of nitrogens with two attached hydrogens (primary N) is 2. The molecular weight excluding hydrogens is 184 g/mol. The van der Waals surface area contributed by atoms with E-state index >= 15 is 0 Å². The molecule has 1 aliphatic rings. The maximum Gasteiger partial charge on any atom is 0.320 e. The Kier molecular flexibility index (Phi) is 3.70. The molecule has 1 heterocycles. The summed E-state index contributed by atoms with van der Waals surface area (Å²) in [6.07, 6.45) is 2.05. The van der Waals surface area contributed by atoms with Crippen LogP contribution < -0.4 is 16.8 Å². The average molecular weight is 200 g/mol. The summed E-state index contributed by atoms with van der Waals surface area (Å²) in [6, 6.07) is -0.574. The second-order valence-electron chi connectivity index (χ2n) is 3.42. The molecule has 0 spiro atoms. The summed E-state index contributed by atoms with van der Waals surface area (Å²) in [4.78, 5) is 14.4. The second-order valence-corrected chi connectivity index (χ2v) is 3.42. The Hall–Kier alpha value is -1.30. The number of aliphatic carboxylic acids is 1. The molecule has 0 fully saturated rings. The van der Waals surface area contributed by atoms with Crippen LogP contribution in [0.3, 0.4) is 0 Å². The lowest BCUT2D eigenvalue weighted by Gasteiger charge is -2.22. The Morgan fingerprint density at radius 1 is 1.79 bits per heavy atom. The lowest BCUT2D eigenvalue weighted by molar-refractivity contribution is -0.138. The van der Waals surface area contributed by atoms with E-state index in [-0.39, 0.29) is 6.04 Å². The van der Waals surface area contributed by atoms with E-state index in [1.165, 1.54) is 0 Å². The van der Waals surface area contributed by atoms with Crippen LogP contribution in [0.25, 0.3) is 0 Å². The molecule has 6 N–H and O–H groups in total. The van der Waals surface area contributed by atoms with Crippen LogP contribution in [0.2, 0.25) is 0 Å². The topological polar surface area (TPSA) is 114 Å². The van der Waals surface area contributed by atoms with Crippen molar-refractivity contribution in [3.05, 3.63) is 0 Å². The van der Waals surface area contributed by atoms with Crippen LogP contribution in [0.4, 0.5) is 0 Å². The Morgan fingerprint density at radius 2 is 2.50 bits per heavy atom. The highest BCUT2D eigenvalue weighted by Crippen LogP contribution is 2.07. The van der Waals surface area contributed by atoms with Crippen molar-refractivity contribution in [2.24, 2.45) is 16.5 Å². The third kappa shape index (κ3) is 3.21. The Bertz CT molecular complexity index is 241. The van der Waals surface area contributed by atoms with E-state index in [1.807, 2.05) is 0 Å². The van der Waals surface area contributed by atoms with Gasteiger partial charge < -0.3 is 21.9 Å². The Morgan fingerprint density at radius 3 is 3.07 bits per heavy atom. The maximum atomic E-state index is 10.4. The Balaban J connectivity index is 2.25. The van der Waals surface area contributed by atoms with Crippen molar-refractivity contribution in [2.45, 2.75) is 31.3 Å². The molecule has 0 aromatic carbocycles. The summed E-state index contributed by atoms with van der Waals surface area (Å²) < 4.78 is 0. The van der Waals surface area contributed by atoms with Gasteiger partial charge in [-0.05, 0) is 19.3 Å². The first-order chi connectivity index (χ1) is 6.59. The summed E-state index contributed by atoms with van der Waals surface area (Å²) in [5, 5.41) is 11.6. The third-order valence-electron chi connectivity index (χ3n) is 2.26. The summed E-state index contributed by atoms with van der Waals surface area (Å²) >= 11 is 0. The molecule has 0 saturated heterocycles. The van der Waals surface area contributed by atoms with Crippen molar-refractivity contribution in [1.82, 2.24) is 5.32 Å². The molecule has 80 valence electrons. The normalized spacial score (nSPS) is 23.5. The zero-order valence-electron chi connectivity index (χ0n) is 7.94. The Labute approximate surface area is 82.4 Å². The van der Waals surface area contributed by atoms with Gasteiger partial charge >= 0.3 is 5.97 Å². The lowest BCUT2D eigenvalue weighted by atomic mass is 10.0. The number of nitrogens with one attached hydrogen (secondary N) is 1. The van der Waals surface area contributed by atoms with Crippen LogP contribution in [0, 0.1) is 0 Å². The van der Waals surface area contributed by atoms with E-state index < -0.39 is 12.0 Å². The third-order valence-corrected chi connectivity index (χ3v) is 2.26. The van der Waals surface area contributed by atoms with Crippen LogP contribution >= 0.6 is 0 Å². The van der Waals surface area contributed by atoms with Crippen LogP contribution in [-0.4, -0.2) is 35.7 Å². The highest BCUT2D eigenvalue weighted by atomic mass is 16.4. The van der Waals surface area contributed by atoms with Crippen LogP contribution in [0.15, 0.2) is 4.99 Å². The fraction of sp³-hybridized carbons (Fsp3) is 0.750.